The number of benzene rings is 1. The largest absolute Gasteiger partial charge is 0.240 e. The summed E-state index contributed by atoms with van der Waals surface area (Å²) in [4.78, 5) is 0.343. The highest BCUT2D eigenvalue weighted by atomic mass is 79.9. The van der Waals surface area contributed by atoms with Gasteiger partial charge in [-0.05, 0) is 36.0 Å². The monoisotopic (exact) mass is 317 g/mol. The van der Waals surface area contributed by atoms with E-state index in [2.05, 4.69) is 27.6 Å². The molecule has 0 bridgehead atoms. The van der Waals surface area contributed by atoms with Gasteiger partial charge in [0.15, 0.2) is 0 Å². The first-order valence-electron chi connectivity index (χ1n) is 5.67. The molecule has 0 heterocycles. The Morgan fingerprint density at radius 2 is 1.94 bits per heavy atom. The van der Waals surface area contributed by atoms with Crippen molar-refractivity contribution in [2.24, 2.45) is 11.8 Å². The van der Waals surface area contributed by atoms with Gasteiger partial charge in [-0.3, -0.25) is 0 Å². The molecule has 1 aliphatic rings. The fourth-order valence-electron chi connectivity index (χ4n) is 1.74. The maximum Gasteiger partial charge on any atom is 0.240 e. The average Bonchev–Trinajstić information content (AvgIpc) is 3.03. The second kappa shape index (κ2) is 5.08. The highest BCUT2D eigenvalue weighted by Crippen LogP contribution is 2.37. The smallest absolute Gasteiger partial charge is 0.211 e. The van der Waals surface area contributed by atoms with Gasteiger partial charge >= 0.3 is 0 Å². The molecule has 1 aliphatic carbocycles. The molecule has 2 rings (SSSR count). The van der Waals surface area contributed by atoms with Crippen LogP contribution in [-0.2, 0) is 15.4 Å². The molecule has 5 heteroatoms. The predicted molar refractivity (Wildman–Crippen MR) is 71.5 cm³/mol. The zero-order valence-corrected chi connectivity index (χ0v) is 12.1. The van der Waals surface area contributed by atoms with Crippen molar-refractivity contribution in [3.05, 3.63) is 29.8 Å². The molecular formula is C12H16BrNO2S. The fourth-order valence-corrected chi connectivity index (χ4v) is 3.21. The third kappa shape index (κ3) is 3.30. The molecule has 17 heavy (non-hydrogen) atoms. The Balaban J connectivity index is 2.02. The lowest BCUT2D eigenvalue weighted by atomic mass is 10.2. The summed E-state index contributed by atoms with van der Waals surface area (Å²) in [6.07, 6.45) is 1.13. The van der Waals surface area contributed by atoms with Crippen molar-refractivity contribution in [3.8, 4) is 0 Å². The standard InChI is InChI=1S/C12H16BrNO2S/c1-9-6-11(9)8-14-17(15,16)12-4-2-10(7-13)3-5-12/h2-5,9,11,14H,6-8H2,1H3. The second-order valence-corrected chi connectivity index (χ2v) is 6.93. The average molecular weight is 318 g/mol. The predicted octanol–water partition coefficient (Wildman–Crippen LogP) is 2.52. The first kappa shape index (κ1) is 13.1. The first-order chi connectivity index (χ1) is 8.03. The van der Waals surface area contributed by atoms with Gasteiger partial charge in [-0.25, -0.2) is 13.1 Å². The molecule has 0 aliphatic heterocycles. The molecule has 0 spiro atoms. The molecule has 3 nitrogen and oxygen atoms in total. The summed E-state index contributed by atoms with van der Waals surface area (Å²) in [5.41, 5.74) is 1.07. The van der Waals surface area contributed by atoms with E-state index in [1.54, 1.807) is 12.1 Å². The lowest BCUT2D eigenvalue weighted by molar-refractivity contribution is 0.574. The Labute approximate surface area is 111 Å². The van der Waals surface area contributed by atoms with E-state index in [4.69, 9.17) is 0 Å². The van der Waals surface area contributed by atoms with Crippen LogP contribution in [0.4, 0.5) is 0 Å². The molecule has 1 saturated carbocycles. The van der Waals surface area contributed by atoms with E-state index in [1.165, 1.54) is 0 Å². The number of rotatable bonds is 5. The SMILES string of the molecule is CC1CC1CNS(=O)(=O)c1ccc(CBr)cc1. The summed E-state index contributed by atoms with van der Waals surface area (Å²) in [6.45, 7) is 2.70. The summed E-state index contributed by atoms with van der Waals surface area (Å²) < 4.78 is 26.6. The quantitative estimate of drug-likeness (QED) is 0.848. The van der Waals surface area contributed by atoms with Gasteiger partial charge in [-0.1, -0.05) is 35.0 Å². The minimum atomic E-state index is -3.33. The van der Waals surface area contributed by atoms with Gasteiger partial charge in [0.2, 0.25) is 10.0 Å². The third-order valence-corrected chi connectivity index (χ3v) is 5.29. The topological polar surface area (TPSA) is 46.2 Å². The van der Waals surface area contributed by atoms with Crippen LogP contribution in [0, 0.1) is 11.8 Å². The van der Waals surface area contributed by atoms with Crippen molar-refractivity contribution < 1.29 is 8.42 Å². The van der Waals surface area contributed by atoms with Crippen molar-refractivity contribution in [2.75, 3.05) is 6.54 Å². The van der Waals surface area contributed by atoms with Gasteiger partial charge in [0.05, 0.1) is 4.90 Å². The highest BCUT2D eigenvalue weighted by Gasteiger charge is 2.33. The van der Waals surface area contributed by atoms with Crippen LogP contribution in [0.25, 0.3) is 0 Å². The van der Waals surface area contributed by atoms with Crippen LogP contribution < -0.4 is 4.72 Å². The lowest BCUT2D eigenvalue weighted by Gasteiger charge is -2.06. The van der Waals surface area contributed by atoms with Gasteiger partial charge in [0.1, 0.15) is 0 Å². The number of alkyl halides is 1. The van der Waals surface area contributed by atoms with Crippen molar-refractivity contribution >= 4 is 26.0 Å². The highest BCUT2D eigenvalue weighted by molar-refractivity contribution is 9.08. The molecule has 0 amide bonds. The Morgan fingerprint density at radius 3 is 2.41 bits per heavy atom. The second-order valence-electron chi connectivity index (χ2n) is 4.60. The Hall–Kier alpha value is -0.390. The van der Waals surface area contributed by atoms with E-state index in [0.29, 0.717) is 23.3 Å². The van der Waals surface area contributed by atoms with E-state index in [1.807, 2.05) is 12.1 Å². The van der Waals surface area contributed by atoms with Crippen LogP contribution in [-0.4, -0.2) is 15.0 Å². The summed E-state index contributed by atoms with van der Waals surface area (Å²) in [6, 6.07) is 6.94. The van der Waals surface area contributed by atoms with Crippen molar-refractivity contribution in [2.45, 2.75) is 23.6 Å². The number of sulfonamides is 1. The summed E-state index contributed by atoms with van der Waals surface area (Å²) in [5, 5.41) is 0.736. The third-order valence-electron chi connectivity index (χ3n) is 3.20. The van der Waals surface area contributed by atoms with Crippen LogP contribution in [0.15, 0.2) is 29.2 Å². The molecule has 0 saturated heterocycles. The summed E-state index contributed by atoms with van der Waals surface area (Å²) in [5.74, 6) is 1.18. The van der Waals surface area contributed by atoms with Gasteiger partial charge < -0.3 is 0 Å². The van der Waals surface area contributed by atoms with E-state index < -0.39 is 10.0 Å². The lowest BCUT2D eigenvalue weighted by Crippen LogP contribution is -2.26. The van der Waals surface area contributed by atoms with E-state index in [9.17, 15) is 8.42 Å². The van der Waals surface area contributed by atoms with Crippen molar-refractivity contribution in [3.63, 3.8) is 0 Å². The van der Waals surface area contributed by atoms with Crippen molar-refractivity contribution in [1.82, 2.24) is 4.72 Å². The first-order valence-corrected chi connectivity index (χ1v) is 8.28. The Bertz CT molecular complexity index is 484. The van der Waals surface area contributed by atoms with Crippen LogP contribution in [0.5, 0.6) is 0 Å². The Morgan fingerprint density at radius 1 is 1.35 bits per heavy atom. The molecule has 1 N–H and O–H groups in total. The molecule has 0 aromatic heterocycles. The van der Waals surface area contributed by atoms with Gasteiger partial charge in [-0.2, -0.15) is 0 Å². The zero-order valence-electron chi connectivity index (χ0n) is 9.69. The van der Waals surface area contributed by atoms with Crippen molar-refractivity contribution in [1.29, 1.82) is 0 Å². The van der Waals surface area contributed by atoms with Crippen LogP contribution in [0.1, 0.15) is 18.9 Å². The maximum absolute atomic E-state index is 11.9. The minimum absolute atomic E-state index is 0.343. The molecule has 2 unspecified atom stereocenters. The summed E-state index contributed by atoms with van der Waals surface area (Å²) in [7, 11) is -3.33. The maximum atomic E-state index is 11.9. The van der Waals surface area contributed by atoms with E-state index in [0.717, 1.165) is 17.3 Å². The van der Waals surface area contributed by atoms with Gasteiger partial charge in [0, 0.05) is 11.9 Å². The number of halogens is 1. The molecular weight excluding hydrogens is 302 g/mol. The van der Waals surface area contributed by atoms with Crippen LogP contribution in [0.2, 0.25) is 0 Å². The molecule has 0 radical (unpaired) electrons. The minimum Gasteiger partial charge on any atom is -0.211 e. The molecule has 1 fully saturated rings. The van der Waals surface area contributed by atoms with Gasteiger partial charge in [-0.15, -0.1) is 0 Å². The van der Waals surface area contributed by atoms with Crippen LogP contribution >= 0.6 is 15.9 Å². The van der Waals surface area contributed by atoms with E-state index in [-0.39, 0.29) is 0 Å². The molecule has 1 aromatic carbocycles. The molecule has 2 atom stereocenters. The number of hydrogen-bond donors (Lipinski definition) is 1. The Kier molecular flexibility index (Phi) is 3.90. The fraction of sp³-hybridized carbons (Fsp3) is 0.500. The van der Waals surface area contributed by atoms with Gasteiger partial charge in [0.25, 0.3) is 0 Å². The summed E-state index contributed by atoms with van der Waals surface area (Å²) >= 11 is 3.33. The normalized spacial score (nSPS) is 23.6. The number of nitrogens with one attached hydrogen (secondary N) is 1. The zero-order chi connectivity index (χ0) is 12.5. The van der Waals surface area contributed by atoms with Crippen LogP contribution in [0.3, 0.4) is 0 Å². The number of hydrogen-bond acceptors (Lipinski definition) is 2. The molecule has 1 aromatic rings. The van der Waals surface area contributed by atoms with E-state index >= 15 is 0 Å². The molecule has 94 valence electrons.